The van der Waals surface area contributed by atoms with E-state index in [1.165, 1.54) is 9.21 Å². The number of nitrogens with zero attached hydrogens (tertiary/aromatic N) is 2. The number of hydrogen-bond acceptors (Lipinski definition) is 4. The fraction of sp³-hybridized carbons (Fsp3) is 0.481. The van der Waals surface area contributed by atoms with Gasteiger partial charge in [0, 0.05) is 36.1 Å². The van der Waals surface area contributed by atoms with E-state index in [0.29, 0.717) is 40.7 Å². The third-order valence-electron chi connectivity index (χ3n) is 6.08. The summed E-state index contributed by atoms with van der Waals surface area (Å²) in [5.41, 5.74) is 2.34. The Morgan fingerprint density at radius 3 is 2.24 bits per heavy atom. The van der Waals surface area contributed by atoms with E-state index in [4.69, 9.17) is 23.2 Å². The maximum absolute atomic E-state index is 13.5. The molecule has 0 fully saturated rings. The molecular formula is C27H37Cl2N3O4S. The van der Waals surface area contributed by atoms with Gasteiger partial charge in [-0.05, 0) is 61.1 Å². The fourth-order valence-electron chi connectivity index (χ4n) is 4.02. The van der Waals surface area contributed by atoms with Crippen molar-refractivity contribution in [3.05, 3.63) is 63.6 Å². The Hall–Kier alpha value is -2.29. The van der Waals surface area contributed by atoms with Crippen molar-refractivity contribution in [3.8, 4) is 0 Å². The molecular weight excluding hydrogens is 533 g/mol. The topological polar surface area (TPSA) is 86.8 Å². The Labute approximate surface area is 231 Å². The standard InChI is InChI=1S/C27H37Cl2N3O4S/c1-5-16-30-27(34)25(7-3)31(19-21-12-13-22(28)18-24(21)29)26(33)9-8-17-32(37(4,35)36)23-14-10-20(6-2)11-15-23/h10-15,18,25H,5-9,16-17,19H2,1-4H3,(H,30,34)/t25-/m0/s1. The molecule has 0 aliphatic rings. The number of hydrogen-bond donors (Lipinski definition) is 1. The van der Waals surface area contributed by atoms with E-state index < -0.39 is 16.1 Å². The highest BCUT2D eigenvalue weighted by atomic mass is 35.5. The fourth-order valence-corrected chi connectivity index (χ4v) is 5.45. The summed E-state index contributed by atoms with van der Waals surface area (Å²) in [4.78, 5) is 27.9. The number of benzene rings is 2. The van der Waals surface area contributed by atoms with Crippen molar-refractivity contribution in [1.29, 1.82) is 0 Å². The van der Waals surface area contributed by atoms with Gasteiger partial charge < -0.3 is 10.2 Å². The van der Waals surface area contributed by atoms with Crippen LogP contribution >= 0.6 is 23.2 Å². The van der Waals surface area contributed by atoms with Crippen LogP contribution in [-0.4, -0.2) is 50.5 Å². The van der Waals surface area contributed by atoms with E-state index in [1.54, 1.807) is 30.3 Å². The van der Waals surface area contributed by atoms with E-state index >= 15 is 0 Å². The number of anilines is 1. The van der Waals surface area contributed by atoms with Crippen LogP contribution in [0.25, 0.3) is 0 Å². The van der Waals surface area contributed by atoms with Gasteiger partial charge in [-0.1, -0.05) is 62.2 Å². The van der Waals surface area contributed by atoms with Crippen molar-refractivity contribution in [2.45, 2.75) is 65.5 Å². The molecule has 2 rings (SSSR count). The Morgan fingerprint density at radius 2 is 1.70 bits per heavy atom. The second kappa shape index (κ2) is 14.6. The number of nitrogens with one attached hydrogen (secondary N) is 1. The molecule has 1 N–H and O–H groups in total. The second-order valence-electron chi connectivity index (χ2n) is 8.93. The van der Waals surface area contributed by atoms with Crippen LogP contribution in [-0.2, 0) is 32.6 Å². The van der Waals surface area contributed by atoms with Crippen molar-refractivity contribution in [3.63, 3.8) is 0 Å². The van der Waals surface area contributed by atoms with Crippen molar-refractivity contribution < 1.29 is 18.0 Å². The molecule has 0 radical (unpaired) electrons. The van der Waals surface area contributed by atoms with Gasteiger partial charge in [0.2, 0.25) is 21.8 Å². The van der Waals surface area contributed by atoms with E-state index in [1.807, 2.05) is 32.9 Å². The van der Waals surface area contributed by atoms with Crippen molar-refractivity contribution in [2.75, 3.05) is 23.7 Å². The Kier molecular flexibility index (Phi) is 12.2. The number of carbonyl (C=O) groups excluding carboxylic acids is 2. The van der Waals surface area contributed by atoms with Crippen LogP contribution < -0.4 is 9.62 Å². The smallest absolute Gasteiger partial charge is 0.242 e. The minimum atomic E-state index is -3.54. The number of sulfonamides is 1. The Bertz CT molecular complexity index is 1160. The van der Waals surface area contributed by atoms with Crippen LogP contribution in [0.5, 0.6) is 0 Å². The zero-order chi connectivity index (χ0) is 27.6. The summed E-state index contributed by atoms with van der Waals surface area (Å²) in [7, 11) is -3.54. The van der Waals surface area contributed by atoms with Gasteiger partial charge in [-0.3, -0.25) is 13.9 Å². The molecule has 10 heteroatoms. The molecule has 7 nitrogen and oxygen atoms in total. The number of rotatable bonds is 14. The maximum atomic E-state index is 13.5. The normalized spacial score (nSPS) is 12.2. The van der Waals surface area contributed by atoms with E-state index in [2.05, 4.69) is 5.32 Å². The first-order valence-electron chi connectivity index (χ1n) is 12.6. The van der Waals surface area contributed by atoms with Gasteiger partial charge in [0.1, 0.15) is 6.04 Å². The first-order chi connectivity index (χ1) is 17.5. The van der Waals surface area contributed by atoms with E-state index in [9.17, 15) is 18.0 Å². The molecule has 1 atom stereocenters. The lowest BCUT2D eigenvalue weighted by molar-refractivity contribution is -0.141. The number of halogens is 2. The lowest BCUT2D eigenvalue weighted by Crippen LogP contribution is -2.49. The molecule has 37 heavy (non-hydrogen) atoms. The summed E-state index contributed by atoms with van der Waals surface area (Å²) >= 11 is 12.4. The zero-order valence-electron chi connectivity index (χ0n) is 22.0. The van der Waals surface area contributed by atoms with Gasteiger partial charge >= 0.3 is 0 Å². The molecule has 204 valence electrons. The molecule has 2 aromatic carbocycles. The molecule has 0 heterocycles. The Morgan fingerprint density at radius 1 is 1.03 bits per heavy atom. The quantitative estimate of drug-likeness (QED) is 0.328. The number of amides is 2. The molecule has 0 aliphatic heterocycles. The van der Waals surface area contributed by atoms with Crippen LogP contribution in [0.15, 0.2) is 42.5 Å². The summed E-state index contributed by atoms with van der Waals surface area (Å²) in [6, 6.07) is 11.7. The molecule has 0 spiro atoms. The van der Waals surface area contributed by atoms with Gasteiger partial charge in [0.25, 0.3) is 0 Å². The second-order valence-corrected chi connectivity index (χ2v) is 11.7. The predicted molar refractivity (Wildman–Crippen MR) is 152 cm³/mol. The van der Waals surface area contributed by atoms with Gasteiger partial charge in [-0.15, -0.1) is 0 Å². The van der Waals surface area contributed by atoms with Crippen LogP contribution in [0.3, 0.4) is 0 Å². The van der Waals surface area contributed by atoms with Crippen LogP contribution in [0.2, 0.25) is 10.0 Å². The summed E-state index contributed by atoms with van der Waals surface area (Å²) < 4.78 is 26.3. The SMILES string of the molecule is CCCNC(=O)[C@H](CC)N(Cc1ccc(Cl)cc1Cl)C(=O)CCCN(c1ccc(CC)cc1)S(C)(=O)=O. The van der Waals surface area contributed by atoms with Crippen LogP contribution in [0, 0.1) is 0 Å². The monoisotopic (exact) mass is 569 g/mol. The lowest BCUT2D eigenvalue weighted by Gasteiger charge is -2.31. The predicted octanol–water partition coefficient (Wildman–Crippen LogP) is 5.44. The summed E-state index contributed by atoms with van der Waals surface area (Å²) in [6.07, 6.45) is 3.57. The summed E-state index contributed by atoms with van der Waals surface area (Å²) in [5, 5.41) is 3.77. The number of carbonyl (C=O) groups is 2. The van der Waals surface area contributed by atoms with E-state index in [-0.39, 0.29) is 31.3 Å². The highest BCUT2D eigenvalue weighted by Gasteiger charge is 2.29. The summed E-state index contributed by atoms with van der Waals surface area (Å²) in [6.45, 7) is 6.64. The van der Waals surface area contributed by atoms with Crippen LogP contribution in [0.1, 0.15) is 57.6 Å². The molecule has 0 bridgehead atoms. The van der Waals surface area contributed by atoms with Gasteiger partial charge in [-0.25, -0.2) is 8.42 Å². The average Bonchev–Trinajstić information content (AvgIpc) is 2.85. The minimum Gasteiger partial charge on any atom is -0.354 e. The minimum absolute atomic E-state index is 0.0713. The highest BCUT2D eigenvalue weighted by molar-refractivity contribution is 7.92. The first kappa shape index (κ1) is 30.9. The lowest BCUT2D eigenvalue weighted by atomic mass is 10.1. The van der Waals surface area contributed by atoms with Crippen molar-refractivity contribution >= 4 is 50.7 Å². The molecule has 0 unspecified atom stereocenters. The largest absolute Gasteiger partial charge is 0.354 e. The third kappa shape index (κ3) is 9.20. The van der Waals surface area contributed by atoms with Gasteiger partial charge in [-0.2, -0.15) is 0 Å². The van der Waals surface area contributed by atoms with Gasteiger partial charge in [0.15, 0.2) is 0 Å². The van der Waals surface area contributed by atoms with Crippen LogP contribution in [0.4, 0.5) is 5.69 Å². The van der Waals surface area contributed by atoms with Crippen molar-refractivity contribution in [2.24, 2.45) is 0 Å². The van der Waals surface area contributed by atoms with Gasteiger partial charge in [0.05, 0.1) is 11.9 Å². The highest BCUT2D eigenvalue weighted by Crippen LogP contribution is 2.25. The van der Waals surface area contributed by atoms with E-state index in [0.717, 1.165) is 24.7 Å². The maximum Gasteiger partial charge on any atom is 0.242 e. The molecule has 2 amide bonds. The molecule has 0 saturated heterocycles. The molecule has 0 aromatic heterocycles. The third-order valence-corrected chi connectivity index (χ3v) is 7.86. The average molecular weight is 571 g/mol. The summed E-state index contributed by atoms with van der Waals surface area (Å²) in [5.74, 6) is -0.476. The first-order valence-corrected chi connectivity index (χ1v) is 15.2. The van der Waals surface area contributed by atoms with Crippen molar-refractivity contribution in [1.82, 2.24) is 10.2 Å². The molecule has 0 aliphatic carbocycles. The Balaban J connectivity index is 2.23. The molecule has 2 aromatic rings. The zero-order valence-corrected chi connectivity index (χ0v) is 24.3. The number of aryl methyl sites for hydroxylation is 1. The molecule has 0 saturated carbocycles.